The van der Waals surface area contributed by atoms with Crippen molar-refractivity contribution < 1.29 is 4.74 Å². The van der Waals surface area contributed by atoms with E-state index in [1.807, 2.05) is 0 Å². The van der Waals surface area contributed by atoms with Gasteiger partial charge in [-0.2, -0.15) is 0 Å². The van der Waals surface area contributed by atoms with Crippen molar-refractivity contribution in [3.63, 3.8) is 0 Å². The average Bonchev–Trinajstić information content (AvgIpc) is 2.62. The number of rotatable bonds is 4. The number of benzene rings is 2. The predicted octanol–water partition coefficient (Wildman–Crippen LogP) is 6.48. The van der Waals surface area contributed by atoms with Crippen molar-refractivity contribution >= 4 is 11.6 Å². The molecule has 1 heteroatoms. The molecule has 3 rings (SSSR count). The van der Waals surface area contributed by atoms with Gasteiger partial charge in [0, 0.05) is 5.56 Å². The van der Waals surface area contributed by atoms with Crippen LogP contribution in [-0.4, -0.2) is 7.11 Å². The summed E-state index contributed by atoms with van der Waals surface area (Å²) >= 11 is 0. The average molecular weight is 320 g/mol. The fourth-order valence-electron chi connectivity index (χ4n) is 3.91. The monoisotopic (exact) mass is 320 g/mol. The lowest BCUT2D eigenvalue weighted by molar-refractivity contribution is 0.304. The van der Waals surface area contributed by atoms with Gasteiger partial charge in [-0.1, -0.05) is 68.7 Å². The van der Waals surface area contributed by atoms with Gasteiger partial charge in [-0.3, -0.25) is 0 Å². The fourth-order valence-corrected chi connectivity index (χ4v) is 3.91. The molecule has 1 nitrogen and oxygen atoms in total. The molecule has 126 valence electrons. The molecule has 0 aromatic heterocycles. The van der Waals surface area contributed by atoms with Gasteiger partial charge in [-0.15, -0.1) is 0 Å². The molecule has 0 saturated heterocycles. The molecule has 0 radical (unpaired) electrons. The Bertz CT molecular complexity index is 706. The maximum absolute atomic E-state index is 5.70. The summed E-state index contributed by atoms with van der Waals surface area (Å²) < 4.78 is 5.70. The van der Waals surface area contributed by atoms with Gasteiger partial charge in [0.1, 0.15) is 5.75 Å². The maximum Gasteiger partial charge on any atom is 0.122 e. The summed E-state index contributed by atoms with van der Waals surface area (Å²) in [5.74, 6) is 1.04. The topological polar surface area (TPSA) is 9.23 Å². The van der Waals surface area contributed by atoms with E-state index in [0.717, 1.165) is 5.75 Å². The van der Waals surface area contributed by atoms with Crippen LogP contribution in [0.5, 0.6) is 5.75 Å². The van der Waals surface area contributed by atoms with Gasteiger partial charge in [0.15, 0.2) is 0 Å². The number of allylic oxidation sites excluding steroid dienone is 1. The van der Waals surface area contributed by atoms with E-state index in [2.05, 4.69) is 68.5 Å². The third kappa shape index (κ3) is 3.56. The second-order valence-electron chi connectivity index (χ2n) is 7.27. The van der Waals surface area contributed by atoms with Crippen molar-refractivity contribution in [2.75, 3.05) is 7.11 Å². The Morgan fingerprint density at radius 2 is 1.71 bits per heavy atom. The van der Waals surface area contributed by atoms with Gasteiger partial charge >= 0.3 is 0 Å². The highest BCUT2D eigenvalue weighted by molar-refractivity contribution is 5.80. The molecule has 2 aromatic carbocycles. The summed E-state index contributed by atoms with van der Waals surface area (Å²) in [6, 6.07) is 17.2. The molecule has 0 spiro atoms. The van der Waals surface area contributed by atoms with Crippen molar-refractivity contribution in [1.29, 1.82) is 0 Å². The first-order valence-corrected chi connectivity index (χ1v) is 9.05. The highest BCUT2D eigenvalue weighted by Gasteiger charge is 2.31. The molecule has 24 heavy (non-hydrogen) atoms. The SMILES string of the molecule is COc1ccc(C(C)=Cc2ccccc2)cc1C1(C)CCCCC1. The Morgan fingerprint density at radius 3 is 2.38 bits per heavy atom. The quantitative estimate of drug-likeness (QED) is 0.586. The maximum atomic E-state index is 5.70. The summed E-state index contributed by atoms with van der Waals surface area (Å²) in [5.41, 5.74) is 5.46. The van der Waals surface area contributed by atoms with Gasteiger partial charge in [0.05, 0.1) is 7.11 Å². The standard InChI is InChI=1S/C23H28O/c1-18(16-19-10-6-4-7-11-19)20-12-13-22(24-3)21(17-20)23(2)14-8-5-9-15-23/h4,6-7,10-13,16-17H,5,8-9,14-15H2,1-3H3. The van der Waals surface area contributed by atoms with Crippen molar-refractivity contribution in [2.24, 2.45) is 0 Å². The molecule has 0 atom stereocenters. The van der Waals surface area contributed by atoms with Crippen molar-refractivity contribution in [3.8, 4) is 5.75 Å². The third-order valence-electron chi connectivity index (χ3n) is 5.44. The summed E-state index contributed by atoms with van der Waals surface area (Å²) in [6.07, 6.45) is 8.79. The van der Waals surface area contributed by atoms with E-state index in [9.17, 15) is 0 Å². The molecule has 0 bridgehead atoms. The van der Waals surface area contributed by atoms with E-state index in [4.69, 9.17) is 4.74 Å². The van der Waals surface area contributed by atoms with E-state index in [1.165, 1.54) is 54.4 Å². The van der Waals surface area contributed by atoms with Crippen LogP contribution in [-0.2, 0) is 5.41 Å². The van der Waals surface area contributed by atoms with Crippen molar-refractivity contribution in [3.05, 3.63) is 65.2 Å². The Kier molecular flexibility index (Phi) is 5.08. The van der Waals surface area contributed by atoms with Gasteiger partial charge in [0.25, 0.3) is 0 Å². The summed E-state index contributed by atoms with van der Waals surface area (Å²) in [4.78, 5) is 0. The zero-order valence-electron chi connectivity index (χ0n) is 15.1. The Morgan fingerprint density at radius 1 is 1.00 bits per heavy atom. The zero-order chi connectivity index (χ0) is 17.0. The normalized spacial score (nSPS) is 17.5. The zero-order valence-corrected chi connectivity index (χ0v) is 15.1. The van der Waals surface area contributed by atoms with Crippen LogP contribution >= 0.6 is 0 Å². The minimum atomic E-state index is 0.243. The van der Waals surface area contributed by atoms with E-state index < -0.39 is 0 Å². The van der Waals surface area contributed by atoms with Gasteiger partial charge in [-0.25, -0.2) is 0 Å². The van der Waals surface area contributed by atoms with Crippen LogP contribution < -0.4 is 4.74 Å². The first-order chi connectivity index (χ1) is 11.6. The van der Waals surface area contributed by atoms with E-state index in [1.54, 1.807) is 7.11 Å². The van der Waals surface area contributed by atoms with E-state index >= 15 is 0 Å². The summed E-state index contributed by atoms with van der Waals surface area (Å²) in [7, 11) is 1.79. The molecule has 1 fully saturated rings. The Labute approximate surface area is 146 Å². The molecule has 2 aromatic rings. The van der Waals surface area contributed by atoms with Gasteiger partial charge < -0.3 is 4.74 Å². The lowest BCUT2D eigenvalue weighted by Crippen LogP contribution is -2.25. The highest BCUT2D eigenvalue weighted by Crippen LogP contribution is 2.43. The van der Waals surface area contributed by atoms with Crippen molar-refractivity contribution in [2.45, 2.75) is 51.4 Å². The summed E-state index contributed by atoms with van der Waals surface area (Å²) in [5, 5.41) is 0. The minimum Gasteiger partial charge on any atom is -0.496 e. The largest absolute Gasteiger partial charge is 0.496 e. The number of methoxy groups -OCH3 is 1. The molecule has 1 aliphatic carbocycles. The molecule has 0 heterocycles. The second-order valence-corrected chi connectivity index (χ2v) is 7.27. The van der Waals surface area contributed by atoms with E-state index in [-0.39, 0.29) is 5.41 Å². The Balaban J connectivity index is 1.98. The van der Waals surface area contributed by atoms with Crippen LogP contribution in [0, 0.1) is 0 Å². The summed E-state index contributed by atoms with van der Waals surface area (Å²) in [6.45, 7) is 4.60. The molecule has 1 aliphatic rings. The predicted molar refractivity (Wildman–Crippen MR) is 103 cm³/mol. The lowest BCUT2D eigenvalue weighted by atomic mass is 9.70. The van der Waals surface area contributed by atoms with Crippen LogP contribution in [0.15, 0.2) is 48.5 Å². The molecule has 0 aliphatic heterocycles. The molecule has 0 N–H and O–H groups in total. The number of hydrogen-bond acceptors (Lipinski definition) is 1. The van der Waals surface area contributed by atoms with Crippen LogP contribution in [0.4, 0.5) is 0 Å². The molecular weight excluding hydrogens is 292 g/mol. The van der Waals surface area contributed by atoms with Crippen LogP contribution in [0.25, 0.3) is 11.6 Å². The Hall–Kier alpha value is -2.02. The third-order valence-corrected chi connectivity index (χ3v) is 5.44. The minimum absolute atomic E-state index is 0.243. The first kappa shape index (κ1) is 16.8. The van der Waals surface area contributed by atoms with Crippen molar-refractivity contribution in [1.82, 2.24) is 0 Å². The van der Waals surface area contributed by atoms with E-state index in [0.29, 0.717) is 0 Å². The van der Waals surface area contributed by atoms with Gasteiger partial charge in [-0.05, 0) is 54.0 Å². The molecule has 0 unspecified atom stereocenters. The molecular formula is C23H28O. The van der Waals surface area contributed by atoms with Gasteiger partial charge in [0.2, 0.25) is 0 Å². The first-order valence-electron chi connectivity index (χ1n) is 9.05. The van der Waals surface area contributed by atoms with Crippen LogP contribution in [0.2, 0.25) is 0 Å². The lowest BCUT2D eigenvalue weighted by Gasteiger charge is -2.35. The molecule has 1 saturated carbocycles. The molecule has 0 amide bonds. The van der Waals surface area contributed by atoms with Crippen LogP contribution in [0.3, 0.4) is 0 Å². The fraction of sp³-hybridized carbons (Fsp3) is 0.391. The highest BCUT2D eigenvalue weighted by atomic mass is 16.5. The smallest absolute Gasteiger partial charge is 0.122 e. The van der Waals surface area contributed by atoms with Crippen LogP contribution in [0.1, 0.15) is 62.6 Å². The number of hydrogen-bond donors (Lipinski definition) is 0. The number of ether oxygens (including phenoxy) is 1. The second kappa shape index (κ2) is 7.25.